The zero-order chi connectivity index (χ0) is 12.5. The lowest BCUT2D eigenvalue weighted by Gasteiger charge is -2.27. The summed E-state index contributed by atoms with van der Waals surface area (Å²) < 4.78 is 22.6. The molecule has 1 aromatic heterocycles. The van der Waals surface area contributed by atoms with Crippen LogP contribution in [0.4, 0.5) is 5.82 Å². The Morgan fingerprint density at radius 1 is 1.41 bits per heavy atom. The molecule has 0 aliphatic carbocycles. The predicted molar refractivity (Wildman–Crippen MR) is 71.0 cm³/mol. The molecule has 0 spiro atoms. The fraction of sp³-hybridized carbons (Fsp3) is 0.400. The van der Waals surface area contributed by atoms with E-state index in [0.717, 1.165) is 11.4 Å². The van der Waals surface area contributed by atoms with E-state index in [2.05, 4.69) is 4.98 Å². The molecule has 1 saturated heterocycles. The molecule has 0 saturated carbocycles. The van der Waals surface area contributed by atoms with Gasteiger partial charge in [0.1, 0.15) is 10.8 Å². The second kappa shape index (κ2) is 4.58. The molecular formula is C10H13N3O2S2. The molecule has 0 amide bonds. The summed E-state index contributed by atoms with van der Waals surface area (Å²) in [6, 6.07) is 3.53. The van der Waals surface area contributed by atoms with E-state index >= 15 is 0 Å². The molecule has 1 aliphatic heterocycles. The van der Waals surface area contributed by atoms with Gasteiger partial charge in [-0.3, -0.25) is 0 Å². The summed E-state index contributed by atoms with van der Waals surface area (Å²) in [6.45, 7) is 0.937. The Morgan fingerprint density at radius 2 is 2.06 bits per heavy atom. The summed E-state index contributed by atoms with van der Waals surface area (Å²) in [5.41, 5.74) is 6.29. The van der Waals surface area contributed by atoms with Crippen LogP contribution in [0.15, 0.2) is 18.3 Å². The van der Waals surface area contributed by atoms with E-state index in [9.17, 15) is 8.42 Å². The zero-order valence-electron chi connectivity index (χ0n) is 9.17. The van der Waals surface area contributed by atoms with Gasteiger partial charge in [-0.2, -0.15) is 0 Å². The van der Waals surface area contributed by atoms with Gasteiger partial charge < -0.3 is 10.6 Å². The maximum Gasteiger partial charge on any atom is 0.153 e. The van der Waals surface area contributed by atoms with E-state index in [1.54, 1.807) is 18.3 Å². The molecule has 2 rings (SSSR count). The van der Waals surface area contributed by atoms with Gasteiger partial charge in [-0.05, 0) is 12.1 Å². The van der Waals surface area contributed by atoms with Gasteiger partial charge in [-0.15, -0.1) is 0 Å². The summed E-state index contributed by atoms with van der Waals surface area (Å²) in [5.74, 6) is 1.07. The Hall–Kier alpha value is -1.21. The van der Waals surface area contributed by atoms with E-state index in [1.165, 1.54) is 0 Å². The molecule has 1 fully saturated rings. The van der Waals surface area contributed by atoms with Gasteiger partial charge in [0.15, 0.2) is 9.84 Å². The first kappa shape index (κ1) is 12.3. The van der Waals surface area contributed by atoms with Crippen LogP contribution >= 0.6 is 12.2 Å². The highest BCUT2D eigenvalue weighted by molar-refractivity contribution is 7.91. The van der Waals surface area contributed by atoms with Crippen LogP contribution in [0.5, 0.6) is 0 Å². The van der Waals surface area contributed by atoms with Crippen LogP contribution in [-0.4, -0.2) is 43.0 Å². The minimum Gasteiger partial charge on any atom is -0.389 e. The van der Waals surface area contributed by atoms with Crippen LogP contribution < -0.4 is 10.6 Å². The third-order valence-corrected chi connectivity index (χ3v) is 4.54. The fourth-order valence-corrected chi connectivity index (χ4v) is 3.01. The van der Waals surface area contributed by atoms with Crippen LogP contribution in [0, 0.1) is 0 Å². The first-order chi connectivity index (χ1) is 7.98. The number of nitrogens with zero attached hydrogens (tertiary/aromatic N) is 2. The van der Waals surface area contributed by atoms with Crippen molar-refractivity contribution < 1.29 is 8.42 Å². The van der Waals surface area contributed by atoms with Gasteiger partial charge in [0.05, 0.1) is 11.5 Å². The molecule has 92 valence electrons. The third-order valence-electron chi connectivity index (χ3n) is 2.70. The van der Waals surface area contributed by atoms with Crippen LogP contribution in [0.2, 0.25) is 0 Å². The van der Waals surface area contributed by atoms with Gasteiger partial charge in [-0.1, -0.05) is 12.2 Å². The van der Waals surface area contributed by atoms with Crippen LogP contribution in [0.25, 0.3) is 0 Å². The maximum absolute atomic E-state index is 11.3. The Kier molecular flexibility index (Phi) is 3.30. The second-order valence-corrected chi connectivity index (χ2v) is 6.65. The minimum atomic E-state index is -2.87. The summed E-state index contributed by atoms with van der Waals surface area (Å²) in [4.78, 5) is 6.46. The standard InChI is InChI=1S/C10H13N3O2S2/c11-10(16)8-1-2-12-9(7-8)13-3-5-17(14,15)6-4-13/h1-2,7H,3-6H2,(H2,11,16). The summed E-state index contributed by atoms with van der Waals surface area (Å²) in [7, 11) is -2.87. The van der Waals surface area contributed by atoms with Gasteiger partial charge in [0, 0.05) is 24.8 Å². The van der Waals surface area contributed by atoms with Gasteiger partial charge in [0.25, 0.3) is 0 Å². The summed E-state index contributed by atoms with van der Waals surface area (Å²) in [5, 5.41) is 0. The lowest BCUT2D eigenvalue weighted by Crippen LogP contribution is -2.40. The molecule has 2 N–H and O–H groups in total. The van der Waals surface area contributed by atoms with Crippen LogP contribution in [-0.2, 0) is 9.84 Å². The van der Waals surface area contributed by atoms with Gasteiger partial charge in [0.2, 0.25) is 0 Å². The van der Waals surface area contributed by atoms with Crippen molar-refractivity contribution in [1.82, 2.24) is 4.98 Å². The number of nitrogens with two attached hydrogens (primary N) is 1. The van der Waals surface area contributed by atoms with E-state index in [-0.39, 0.29) is 11.5 Å². The topological polar surface area (TPSA) is 76.3 Å². The highest BCUT2D eigenvalue weighted by atomic mass is 32.2. The SMILES string of the molecule is NC(=S)c1ccnc(N2CCS(=O)(=O)CC2)c1. The number of sulfone groups is 1. The maximum atomic E-state index is 11.3. The van der Waals surface area contributed by atoms with E-state index in [4.69, 9.17) is 18.0 Å². The summed E-state index contributed by atoms with van der Waals surface area (Å²) >= 11 is 4.90. The molecule has 0 atom stereocenters. The monoisotopic (exact) mass is 271 g/mol. The number of anilines is 1. The van der Waals surface area contributed by atoms with Crippen molar-refractivity contribution in [2.45, 2.75) is 0 Å². The molecule has 2 heterocycles. The molecular weight excluding hydrogens is 258 g/mol. The van der Waals surface area contributed by atoms with E-state index < -0.39 is 9.84 Å². The van der Waals surface area contributed by atoms with E-state index in [1.807, 2.05) is 4.90 Å². The van der Waals surface area contributed by atoms with Crippen molar-refractivity contribution in [3.05, 3.63) is 23.9 Å². The number of thiocarbonyl (C=S) groups is 1. The van der Waals surface area contributed by atoms with Crippen molar-refractivity contribution in [2.24, 2.45) is 5.73 Å². The zero-order valence-corrected chi connectivity index (χ0v) is 10.8. The summed E-state index contributed by atoms with van der Waals surface area (Å²) in [6.07, 6.45) is 1.63. The molecule has 7 heteroatoms. The fourth-order valence-electron chi connectivity index (χ4n) is 1.69. The van der Waals surface area contributed by atoms with Crippen molar-refractivity contribution in [3.63, 3.8) is 0 Å². The van der Waals surface area contributed by atoms with Crippen molar-refractivity contribution in [2.75, 3.05) is 29.5 Å². The second-order valence-electron chi connectivity index (χ2n) is 3.91. The molecule has 0 unspecified atom stereocenters. The average molecular weight is 271 g/mol. The molecule has 0 radical (unpaired) electrons. The minimum absolute atomic E-state index is 0.173. The first-order valence-electron chi connectivity index (χ1n) is 5.19. The molecule has 1 aromatic rings. The third kappa shape index (κ3) is 2.92. The normalized spacial score (nSPS) is 18.9. The van der Waals surface area contributed by atoms with Crippen LogP contribution in [0.3, 0.4) is 0 Å². The smallest absolute Gasteiger partial charge is 0.153 e. The largest absolute Gasteiger partial charge is 0.389 e. The first-order valence-corrected chi connectivity index (χ1v) is 7.42. The molecule has 5 nitrogen and oxygen atoms in total. The quantitative estimate of drug-likeness (QED) is 0.760. The Bertz CT molecular complexity index is 528. The van der Waals surface area contributed by atoms with Crippen molar-refractivity contribution in [1.29, 1.82) is 0 Å². The van der Waals surface area contributed by atoms with Crippen LogP contribution in [0.1, 0.15) is 5.56 Å². The average Bonchev–Trinajstić information content (AvgIpc) is 2.29. The molecule has 0 aromatic carbocycles. The van der Waals surface area contributed by atoms with Gasteiger partial charge >= 0.3 is 0 Å². The molecule has 0 bridgehead atoms. The molecule has 1 aliphatic rings. The molecule has 17 heavy (non-hydrogen) atoms. The Balaban J connectivity index is 2.18. The number of aromatic nitrogens is 1. The Morgan fingerprint density at radius 3 is 2.65 bits per heavy atom. The number of hydrogen-bond donors (Lipinski definition) is 1. The lowest BCUT2D eigenvalue weighted by molar-refractivity contribution is 0.586. The van der Waals surface area contributed by atoms with Crippen molar-refractivity contribution >= 4 is 32.9 Å². The van der Waals surface area contributed by atoms with Gasteiger partial charge in [-0.25, -0.2) is 13.4 Å². The highest BCUT2D eigenvalue weighted by Gasteiger charge is 2.22. The number of hydrogen-bond acceptors (Lipinski definition) is 5. The highest BCUT2D eigenvalue weighted by Crippen LogP contribution is 2.15. The van der Waals surface area contributed by atoms with E-state index in [0.29, 0.717) is 18.1 Å². The van der Waals surface area contributed by atoms with Crippen molar-refractivity contribution in [3.8, 4) is 0 Å². The number of rotatable bonds is 2. The lowest BCUT2D eigenvalue weighted by atomic mass is 10.2. The Labute approximate surface area is 106 Å². The predicted octanol–water partition coefficient (Wildman–Crippen LogP) is -0.0494. The number of pyridine rings is 1.